The molecule has 0 saturated carbocycles. The first-order valence-electron chi connectivity index (χ1n) is 5.23. The lowest BCUT2D eigenvalue weighted by Crippen LogP contribution is -2.26. The minimum absolute atomic E-state index is 0.0402. The lowest BCUT2D eigenvalue weighted by molar-refractivity contribution is -0.115. The molecule has 2 amide bonds. The maximum Gasteiger partial charge on any atom is 0.254 e. The van der Waals surface area contributed by atoms with Crippen molar-refractivity contribution < 1.29 is 9.59 Å². The van der Waals surface area contributed by atoms with Gasteiger partial charge >= 0.3 is 0 Å². The second kappa shape index (κ2) is 4.30. The Balaban J connectivity index is 2.25. The molecule has 2 rings (SSSR count). The van der Waals surface area contributed by atoms with Crippen molar-refractivity contribution in [2.24, 2.45) is 0 Å². The highest BCUT2D eigenvalue weighted by Gasteiger charge is 2.20. The first kappa shape index (κ1) is 11.2. The van der Waals surface area contributed by atoms with Crippen LogP contribution in [0.1, 0.15) is 15.9 Å². The van der Waals surface area contributed by atoms with Gasteiger partial charge in [-0.15, -0.1) is 6.42 Å². The van der Waals surface area contributed by atoms with Crippen LogP contribution in [0.25, 0.3) is 0 Å². The summed E-state index contributed by atoms with van der Waals surface area (Å²) in [4.78, 5) is 24.6. The van der Waals surface area contributed by atoms with Gasteiger partial charge in [0.05, 0.1) is 13.0 Å². The molecular formula is C13H12N2O2. The van der Waals surface area contributed by atoms with E-state index in [1.165, 1.54) is 4.90 Å². The van der Waals surface area contributed by atoms with E-state index < -0.39 is 0 Å². The first-order valence-corrected chi connectivity index (χ1v) is 5.23. The lowest BCUT2D eigenvalue weighted by Gasteiger charge is -2.14. The quantitative estimate of drug-likeness (QED) is 0.764. The van der Waals surface area contributed by atoms with Gasteiger partial charge in [-0.1, -0.05) is 5.92 Å². The standard InChI is InChI=1S/C13H12N2O2/c1-3-6-15(2)13(17)9-4-5-11-10(7-9)8-12(16)14-11/h1,4-5,7H,6,8H2,2H3,(H,14,16). The van der Waals surface area contributed by atoms with Gasteiger partial charge in [0, 0.05) is 18.3 Å². The van der Waals surface area contributed by atoms with E-state index in [1.54, 1.807) is 25.2 Å². The molecule has 1 aliphatic heterocycles. The Morgan fingerprint density at radius 1 is 1.59 bits per heavy atom. The van der Waals surface area contributed by atoms with Gasteiger partial charge < -0.3 is 10.2 Å². The Labute approximate surface area is 99.6 Å². The molecule has 0 bridgehead atoms. The van der Waals surface area contributed by atoms with E-state index in [1.807, 2.05) is 0 Å². The Kier molecular flexibility index (Phi) is 2.84. The van der Waals surface area contributed by atoms with E-state index in [0.29, 0.717) is 12.0 Å². The van der Waals surface area contributed by atoms with Crippen molar-refractivity contribution >= 4 is 17.5 Å². The Hall–Kier alpha value is -2.28. The molecular weight excluding hydrogens is 216 g/mol. The molecule has 17 heavy (non-hydrogen) atoms. The summed E-state index contributed by atoms with van der Waals surface area (Å²) >= 11 is 0. The number of amides is 2. The van der Waals surface area contributed by atoms with Gasteiger partial charge in [0.25, 0.3) is 5.91 Å². The molecule has 4 heteroatoms. The van der Waals surface area contributed by atoms with Crippen molar-refractivity contribution in [1.29, 1.82) is 0 Å². The van der Waals surface area contributed by atoms with Gasteiger partial charge in [0.15, 0.2) is 0 Å². The van der Waals surface area contributed by atoms with Crippen molar-refractivity contribution in [2.75, 3.05) is 18.9 Å². The number of hydrogen-bond acceptors (Lipinski definition) is 2. The van der Waals surface area contributed by atoms with E-state index in [0.717, 1.165) is 11.3 Å². The average Bonchev–Trinajstić information content (AvgIpc) is 2.67. The average molecular weight is 228 g/mol. The van der Waals surface area contributed by atoms with Crippen LogP contribution in [-0.2, 0) is 11.2 Å². The van der Waals surface area contributed by atoms with Crippen LogP contribution < -0.4 is 5.32 Å². The number of benzene rings is 1. The zero-order valence-electron chi connectivity index (χ0n) is 9.49. The molecule has 1 aliphatic rings. The number of nitrogens with zero attached hydrogens (tertiary/aromatic N) is 1. The Bertz CT molecular complexity index is 529. The predicted molar refractivity (Wildman–Crippen MR) is 64.6 cm³/mol. The summed E-state index contributed by atoms with van der Waals surface area (Å²) in [5.41, 5.74) is 2.19. The second-order valence-electron chi connectivity index (χ2n) is 3.96. The first-order chi connectivity index (χ1) is 8.11. The number of rotatable bonds is 2. The molecule has 1 aromatic rings. The summed E-state index contributed by atoms with van der Waals surface area (Å²) in [5.74, 6) is 2.24. The summed E-state index contributed by atoms with van der Waals surface area (Å²) in [6.45, 7) is 0.271. The van der Waals surface area contributed by atoms with Crippen LogP contribution in [0.5, 0.6) is 0 Å². The van der Waals surface area contributed by atoms with Gasteiger partial charge in [-0.25, -0.2) is 0 Å². The van der Waals surface area contributed by atoms with E-state index in [2.05, 4.69) is 11.2 Å². The number of anilines is 1. The molecule has 1 N–H and O–H groups in total. The molecule has 0 saturated heterocycles. The third-order valence-corrected chi connectivity index (χ3v) is 2.65. The van der Waals surface area contributed by atoms with Gasteiger partial charge in [-0.3, -0.25) is 9.59 Å². The van der Waals surface area contributed by atoms with Crippen LogP contribution >= 0.6 is 0 Å². The van der Waals surface area contributed by atoms with Gasteiger partial charge in [0.1, 0.15) is 0 Å². The normalized spacial score (nSPS) is 12.6. The van der Waals surface area contributed by atoms with Crippen LogP contribution in [0.2, 0.25) is 0 Å². The number of hydrogen-bond donors (Lipinski definition) is 1. The molecule has 4 nitrogen and oxygen atoms in total. The van der Waals surface area contributed by atoms with Crippen molar-refractivity contribution in [2.45, 2.75) is 6.42 Å². The highest BCUT2D eigenvalue weighted by Crippen LogP contribution is 2.24. The molecule has 0 fully saturated rings. The maximum atomic E-state index is 11.9. The number of terminal acetylenes is 1. The molecule has 0 aliphatic carbocycles. The van der Waals surface area contributed by atoms with Crippen LogP contribution in [-0.4, -0.2) is 30.3 Å². The fourth-order valence-electron chi connectivity index (χ4n) is 1.79. The number of nitrogens with one attached hydrogen (secondary N) is 1. The minimum Gasteiger partial charge on any atom is -0.331 e. The molecule has 0 atom stereocenters. The molecule has 1 heterocycles. The maximum absolute atomic E-state index is 11.9. The van der Waals surface area contributed by atoms with Crippen LogP contribution in [0, 0.1) is 12.3 Å². The number of fused-ring (bicyclic) bond motifs is 1. The largest absolute Gasteiger partial charge is 0.331 e. The van der Waals surface area contributed by atoms with Crippen LogP contribution in [0.3, 0.4) is 0 Å². The minimum atomic E-state index is -0.134. The molecule has 86 valence electrons. The van der Waals surface area contributed by atoms with Crippen molar-refractivity contribution in [3.05, 3.63) is 29.3 Å². The fourth-order valence-corrected chi connectivity index (χ4v) is 1.79. The lowest BCUT2D eigenvalue weighted by atomic mass is 10.1. The fraction of sp³-hybridized carbons (Fsp3) is 0.231. The highest BCUT2D eigenvalue weighted by molar-refractivity contribution is 6.01. The smallest absolute Gasteiger partial charge is 0.254 e. The predicted octanol–water partition coefficient (Wildman–Crippen LogP) is 0.886. The van der Waals surface area contributed by atoms with E-state index in [9.17, 15) is 9.59 Å². The zero-order valence-corrected chi connectivity index (χ0v) is 9.49. The van der Waals surface area contributed by atoms with Crippen LogP contribution in [0.15, 0.2) is 18.2 Å². The molecule has 0 unspecified atom stereocenters. The van der Waals surface area contributed by atoms with Gasteiger partial charge in [0.2, 0.25) is 5.91 Å². The SMILES string of the molecule is C#CCN(C)C(=O)c1ccc2c(c1)CC(=O)N2. The molecule has 1 aromatic carbocycles. The Morgan fingerprint density at radius 3 is 3.06 bits per heavy atom. The van der Waals surface area contributed by atoms with E-state index in [4.69, 9.17) is 6.42 Å². The van der Waals surface area contributed by atoms with Gasteiger partial charge in [-0.05, 0) is 23.8 Å². The zero-order chi connectivity index (χ0) is 12.4. The monoisotopic (exact) mass is 228 g/mol. The molecule has 0 radical (unpaired) electrons. The Morgan fingerprint density at radius 2 is 2.35 bits per heavy atom. The summed E-state index contributed by atoms with van der Waals surface area (Å²) in [7, 11) is 1.65. The van der Waals surface area contributed by atoms with Gasteiger partial charge in [-0.2, -0.15) is 0 Å². The van der Waals surface area contributed by atoms with Crippen molar-refractivity contribution in [3.63, 3.8) is 0 Å². The van der Waals surface area contributed by atoms with Crippen LogP contribution in [0.4, 0.5) is 5.69 Å². The topological polar surface area (TPSA) is 49.4 Å². The third-order valence-electron chi connectivity index (χ3n) is 2.65. The summed E-state index contributed by atoms with van der Waals surface area (Å²) < 4.78 is 0. The van der Waals surface area contributed by atoms with Crippen molar-refractivity contribution in [3.8, 4) is 12.3 Å². The summed E-state index contributed by atoms with van der Waals surface area (Å²) in [6, 6.07) is 5.18. The van der Waals surface area contributed by atoms with E-state index in [-0.39, 0.29) is 18.4 Å². The summed E-state index contributed by atoms with van der Waals surface area (Å²) in [6.07, 6.45) is 5.48. The number of carbonyl (C=O) groups is 2. The van der Waals surface area contributed by atoms with Crippen molar-refractivity contribution in [1.82, 2.24) is 4.90 Å². The summed E-state index contributed by atoms with van der Waals surface area (Å²) in [5, 5.41) is 2.72. The molecule has 0 spiro atoms. The number of carbonyl (C=O) groups excluding carboxylic acids is 2. The molecule has 0 aromatic heterocycles. The highest BCUT2D eigenvalue weighted by atomic mass is 16.2. The third kappa shape index (κ3) is 2.13. The van der Waals surface area contributed by atoms with E-state index >= 15 is 0 Å². The second-order valence-corrected chi connectivity index (χ2v) is 3.96.